The number of sulfone groups is 1. The number of nitrogens with two attached hydrogens (primary N) is 1. The SMILES string of the molecule is CN(Cc1ccc(Cl)cc1)C1(CN)CCS(=O)(=O)C1. The number of likely N-dealkylation sites (N-methyl/N-ethyl adjacent to an activating group) is 1. The fraction of sp³-hybridized carbons (Fsp3) is 0.538. The van der Waals surface area contributed by atoms with E-state index >= 15 is 0 Å². The molecule has 1 aromatic carbocycles. The predicted octanol–water partition coefficient (Wildman–Crippen LogP) is 1.29. The van der Waals surface area contributed by atoms with Crippen molar-refractivity contribution in [3.8, 4) is 0 Å². The van der Waals surface area contributed by atoms with Crippen molar-refractivity contribution in [2.24, 2.45) is 5.73 Å². The molecule has 1 atom stereocenters. The molecule has 106 valence electrons. The second kappa shape index (κ2) is 5.40. The Balaban J connectivity index is 2.14. The van der Waals surface area contributed by atoms with E-state index in [1.165, 1.54) is 0 Å². The molecule has 19 heavy (non-hydrogen) atoms. The highest BCUT2D eigenvalue weighted by Gasteiger charge is 2.44. The van der Waals surface area contributed by atoms with Gasteiger partial charge < -0.3 is 5.73 Å². The van der Waals surface area contributed by atoms with E-state index < -0.39 is 15.4 Å². The topological polar surface area (TPSA) is 63.4 Å². The Labute approximate surface area is 119 Å². The quantitative estimate of drug-likeness (QED) is 0.910. The molecule has 1 saturated heterocycles. The van der Waals surface area contributed by atoms with Crippen LogP contribution >= 0.6 is 11.6 Å². The maximum Gasteiger partial charge on any atom is 0.152 e. The third-order valence-electron chi connectivity index (χ3n) is 3.89. The van der Waals surface area contributed by atoms with Gasteiger partial charge in [-0.05, 0) is 31.2 Å². The highest BCUT2D eigenvalue weighted by atomic mass is 35.5. The average Bonchev–Trinajstić information content (AvgIpc) is 2.69. The van der Waals surface area contributed by atoms with Gasteiger partial charge in [0.15, 0.2) is 9.84 Å². The van der Waals surface area contributed by atoms with Crippen LogP contribution in [0, 0.1) is 0 Å². The van der Waals surface area contributed by atoms with Crippen LogP contribution in [0.2, 0.25) is 5.02 Å². The van der Waals surface area contributed by atoms with Gasteiger partial charge in [0.05, 0.1) is 11.5 Å². The van der Waals surface area contributed by atoms with Gasteiger partial charge >= 0.3 is 0 Å². The minimum absolute atomic E-state index is 0.153. The monoisotopic (exact) mass is 302 g/mol. The molecule has 2 rings (SSSR count). The van der Waals surface area contributed by atoms with Crippen molar-refractivity contribution in [3.05, 3.63) is 34.9 Å². The minimum Gasteiger partial charge on any atom is -0.329 e. The molecular weight excluding hydrogens is 284 g/mol. The van der Waals surface area contributed by atoms with E-state index in [1.807, 2.05) is 31.3 Å². The molecule has 0 bridgehead atoms. The normalized spacial score (nSPS) is 25.9. The second-order valence-corrected chi connectivity index (χ2v) is 7.87. The lowest BCUT2D eigenvalue weighted by molar-refractivity contribution is 0.143. The van der Waals surface area contributed by atoms with Crippen LogP contribution in [-0.4, -0.2) is 44.0 Å². The summed E-state index contributed by atoms with van der Waals surface area (Å²) in [7, 11) is -1.02. The largest absolute Gasteiger partial charge is 0.329 e. The van der Waals surface area contributed by atoms with Gasteiger partial charge in [-0.15, -0.1) is 0 Å². The van der Waals surface area contributed by atoms with Gasteiger partial charge in [-0.2, -0.15) is 0 Å². The highest BCUT2D eigenvalue weighted by Crippen LogP contribution is 2.29. The standard InChI is InChI=1S/C13H19ClN2O2S/c1-16(8-11-2-4-12(14)5-3-11)13(9-15)6-7-19(17,18)10-13/h2-5H,6-10,15H2,1H3. The van der Waals surface area contributed by atoms with Crippen LogP contribution in [0.25, 0.3) is 0 Å². The fourth-order valence-electron chi connectivity index (χ4n) is 2.55. The van der Waals surface area contributed by atoms with Crippen LogP contribution in [0.4, 0.5) is 0 Å². The molecule has 1 unspecified atom stereocenters. The molecule has 0 radical (unpaired) electrons. The van der Waals surface area contributed by atoms with Crippen molar-refractivity contribution >= 4 is 21.4 Å². The minimum atomic E-state index is -2.95. The van der Waals surface area contributed by atoms with E-state index in [4.69, 9.17) is 17.3 Å². The molecule has 2 N–H and O–H groups in total. The summed E-state index contributed by atoms with van der Waals surface area (Å²) in [4.78, 5) is 2.06. The molecule has 4 nitrogen and oxygen atoms in total. The second-order valence-electron chi connectivity index (χ2n) is 5.25. The Kier molecular flexibility index (Phi) is 4.20. The highest BCUT2D eigenvalue weighted by molar-refractivity contribution is 7.91. The van der Waals surface area contributed by atoms with Crippen molar-refractivity contribution in [2.75, 3.05) is 25.1 Å². The first kappa shape index (κ1) is 14.8. The summed E-state index contributed by atoms with van der Waals surface area (Å²) in [5.41, 5.74) is 6.51. The van der Waals surface area contributed by atoms with E-state index in [2.05, 4.69) is 4.90 Å². The summed E-state index contributed by atoms with van der Waals surface area (Å²) < 4.78 is 23.4. The van der Waals surface area contributed by atoms with E-state index in [9.17, 15) is 8.42 Å². The van der Waals surface area contributed by atoms with E-state index in [0.29, 0.717) is 24.5 Å². The van der Waals surface area contributed by atoms with Crippen LogP contribution < -0.4 is 5.73 Å². The van der Waals surface area contributed by atoms with Gasteiger partial charge in [0.2, 0.25) is 0 Å². The Morgan fingerprint density at radius 3 is 2.47 bits per heavy atom. The van der Waals surface area contributed by atoms with Crippen molar-refractivity contribution < 1.29 is 8.42 Å². The van der Waals surface area contributed by atoms with Crippen molar-refractivity contribution in [1.29, 1.82) is 0 Å². The Bertz CT molecular complexity index is 544. The summed E-state index contributed by atoms with van der Waals surface area (Å²) in [5.74, 6) is 0.385. The summed E-state index contributed by atoms with van der Waals surface area (Å²) in [6.07, 6.45) is 0.607. The number of benzene rings is 1. The van der Waals surface area contributed by atoms with Gasteiger partial charge in [0, 0.05) is 23.7 Å². The molecule has 0 amide bonds. The molecule has 1 aliphatic heterocycles. The molecule has 1 aromatic rings. The zero-order chi connectivity index (χ0) is 14.1. The average molecular weight is 303 g/mol. The molecule has 0 aromatic heterocycles. The van der Waals surface area contributed by atoms with Crippen molar-refractivity contribution in [1.82, 2.24) is 4.90 Å². The summed E-state index contributed by atoms with van der Waals surface area (Å²) in [6, 6.07) is 7.58. The van der Waals surface area contributed by atoms with E-state index in [1.54, 1.807) is 0 Å². The zero-order valence-electron chi connectivity index (χ0n) is 11.0. The number of hydrogen-bond donors (Lipinski definition) is 1. The molecule has 0 spiro atoms. The first-order valence-corrected chi connectivity index (χ1v) is 8.43. The predicted molar refractivity (Wildman–Crippen MR) is 78.0 cm³/mol. The molecule has 6 heteroatoms. The maximum absolute atomic E-state index is 11.7. The Hall–Kier alpha value is -0.620. The van der Waals surface area contributed by atoms with Gasteiger partial charge in [-0.1, -0.05) is 23.7 Å². The molecule has 0 saturated carbocycles. The maximum atomic E-state index is 11.7. The molecule has 1 aliphatic rings. The summed E-state index contributed by atoms with van der Waals surface area (Å²) in [6.45, 7) is 1.03. The molecular formula is C13H19ClN2O2S. The number of nitrogens with zero attached hydrogens (tertiary/aromatic N) is 1. The van der Waals surface area contributed by atoms with Crippen molar-refractivity contribution in [2.45, 2.75) is 18.5 Å². The smallest absolute Gasteiger partial charge is 0.152 e. The number of halogens is 1. The lowest BCUT2D eigenvalue weighted by atomic mass is 9.96. The molecule has 0 aliphatic carbocycles. The Morgan fingerprint density at radius 1 is 1.37 bits per heavy atom. The van der Waals surface area contributed by atoms with Crippen LogP contribution in [0.1, 0.15) is 12.0 Å². The third kappa shape index (κ3) is 3.28. The lowest BCUT2D eigenvalue weighted by Crippen LogP contribution is -2.52. The van der Waals surface area contributed by atoms with E-state index in [0.717, 1.165) is 5.56 Å². The lowest BCUT2D eigenvalue weighted by Gasteiger charge is -2.36. The van der Waals surface area contributed by atoms with Gasteiger partial charge in [0.1, 0.15) is 0 Å². The van der Waals surface area contributed by atoms with Crippen molar-refractivity contribution in [3.63, 3.8) is 0 Å². The number of hydrogen-bond acceptors (Lipinski definition) is 4. The van der Waals surface area contributed by atoms with Gasteiger partial charge in [0.25, 0.3) is 0 Å². The fourth-order valence-corrected chi connectivity index (χ4v) is 4.81. The van der Waals surface area contributed by atoms with Gasteiger partial charge in [-0.3, -0.25) is 4.90 Å². The molecule has 1 fully saturated rings. The zero-order valence-corrected chi connectivity index (χ0v) is 12.5. The van der Waals surface area contributed by atoms with Crippen LogP contribution in [-0.2, 0) is 16.4 Å². The number of rotatable bonds is 4. The van der Waals surface area contributed by atoms with Crippen LogP contribution in [0.15, 0.2) is 24.3 Å². The Morgan fingerprint density at radius 2 is 2.00 bits per heavy atom. The summed E-state index contributed by atoms with van der Waals surface area (Å²) >= 11 is 5.85. The van der Waals surface area contributed by atoms with E-state index in [-0.39, 0.29) is 11.5 Å². The third-order valence-corrected chi connectivity index (χ3v) is 5.95. The molecule has 1 heterocycles. The van der Waals surface area contributed by atoms with Gasteiger partial charge in [-0.25, -0.2) is 8.42 Å². The summed E-state index contributed by atoms with van der Waals surface area (Å²) in [5, 5.41) is 0.698. The van der Waals surface area contributed by atoms with Crippen LogP contribution in [0.5, 0.6) is 0 Å². The first-order valence-electron chi connectivity index (χ1n) is 6.23. The first-order chi connectivity index (χ1) is 8.87. The van der Waals surface area contributed by atoms with Crippen LogP contribution in [0.3, 0.4) is 0 Å².